The van der Waals surface area contributed by atoms with Crippen molar-refractivity contribution in [3.63, 3.8) is 0 Å². The number of rotatable bonds is 3. The Morgan fingerprint density at radius 2 is 2.00 bits per heavy atom. The van der Waals surface area contributed by atoms with Gasteiger partial charge in [0.1, 0.15) is 11.4 Å². The first-order valence-corrected chi connectivity index (χ1v) is 9.43. The van der Waals surface area contributed by atoms with E-state index in [1.807, 2.05) is 0 Å². The zero-order valence-corrected chi connectivity index (χ0v) is 16.3. The molecule has 0 saturated carbocycles. The summed E-state index contributed by atoms with van der Waals surface area (Å²) in [5, 5.41) is 8.35. The quantitative estimate of drug-likeness (QED) is 0.667. The topological polar surface area (TPSA) is 68.3 Å². The van der Waals surface area contributed by atoms with Crippen molar-refractivity contribution in [1.82, 2.24) is 29.3 Å². The molecule has 3 aromatic heterocycles. The van der Waals surface area contributed by atoms with Crippen molar-refractivity contribution in [2.24, 2.45) is 7.05 Å². The Labute approximate surface area is 165 Å². The molecule has 4 rings (SSSR count). The third-order valence-corrected chi connectivity index (χ3v) is 5.14. The highest BCUT2D eigenvalue weighted by atomic mass is 19.4. The van der Waals surface area contributed by atoms with Gasteiger partial charge in [0.25, 0.3) is 5.91 Å². The summed E-state index contributed by atoms with van der Waals surface area (Å²) >= 11 is 0. The summed E-state index contributed by atoms with van der Waals surface area (Å²) in [6, 6.07) is 3.81. The SMILES string of the molecule is CC(C)c1cc(C(F)(F)F)n2nc([C@H]3CCCN3C(=O)c3ccn(C)n3)cc2n1. The van der Waals surface area contributed by atoms with Gasteiger partial charge in [-0.25, -0.2) is 9.50 Å². The Bertz CT molecular complexity index is 1070. The second-order valence-electron chi connectivity index (χ2n) is 7.59. The first kappa shape index (κ1) is 19.4. The maximum absolute atomic E-state index is 13.6. The molecule has 0 radical (unpaired) electrons. The molecule has 4 heterocycles. The average molecular weight is 406 g/mol. The smallest absolute Gasteiger partial charge is 0.329 e. The lowest BCUT2D eigenvalue weighted by Gasteiger charge is -2.22. The van der Waals surface area contributed by atoms with E-state index in [2.05, 4.69) is 15.2 Å². The molecule has 0 spiro atoms. The summed E-state index contributed by atoms with van der Waals surface area (Å²) in [6.07, 6.45) is -1.52. The van der Waals surface area contributed by atoms with E-state index in [1.165, 1.54) is 4.68 Å². The molecule has 0 bridgehead atoms. The maximum Gasteiger partial charge on any atom is 0.433 e. The standard InChI is InChI=1S/C19H21F3N6O/c1-11(2)13-9-16(19(20,21)22)28-17(23-13)10-14(25-28)15-5-4-7-27(15)18(29)12-6-8-26(3)24-12/h6,8-11,15H,4-5,7H2,1-3H3/t15-/m1/s1. The Kier molecular flexibility index (Phi) is 4.59. The number of hydrogen-bond donors (Lipinski definition) is 0. The maximum atomic E-state index is 13.6. The summed E-state index contributed by atoms with van der Waals surface area (Å²) in [5.41, 5.74) is 0.336. The van der Waals surface area contributed by atoms with Crippen molar-refractivity contribution in [1.29, 1.82) is 0 Å². The van der Waals surface area contributed by atoms with E-state index in [1.54, 1.807) is 44.1 Å². The van der Waals surface area contributed by atoms with Crippen LogP contribution in [-0.4, -0.2) is 41.7 Å². The fraction of sp³-hybridized carbons (Fsp3) is 0.474. The van der Waals surface area contributed by atoms with Crippen LogP contribution in [0.4, 0.5) is 13.2 Å². The number of alkyl halides is 3. The van der Waals surface area contributed by atoms with Gasteiger partial charge in [-0.2, -0.15) is 23.4 Å². The number of hydrogen-bond acceptors (Lipinski definition) is 4. The molecule has 1 fully saturated rings. The van der Waals surface area contributed by atoms with Gasteiger partial charge in [-0.15, -0.1) is 0 Å². The molecule has 154 valence electrons. The van der Waals surface area contributed by atoms with Crippen molar-refractivity contribution in [2.45, 2.75) is 44.8 Å². The molecule has 3 aromatic rings. The molecule has 1 atom stereocenters. The van der Waals surface area contributed by atoms with Crippen LogP contribution in [0.25, 0.3) is 5.65 Å². The number of likely N-dealkylation sites (tertiary alicyclic amines) is 1. The van der Waals surface area contributed by atoms with Crippen LogP contribution in [0.2, 0.25) is 0 Å². The Hall–Kier alpha value is -2.91. The van der Waals surface area contributed by atoms with Crippen LogP contribution in [0.1, 0.15) is 66.2 Å². The molecule has 0 aliphatic carbocycles. The Balaban J connectivity index is 1.76. The van der Waals surface area contributed by atoms with Crippen molar-refractivity contribution in [3.05, 3.63) is 47.2 Å². The number of halogens is 3. The van der Waals surface area contributed by atoms with Crippen LogP contribution in [0, 0.1) is 0 Å². The summed E-state index contributed by atoms with van der Waals surface area (Å²) in [5.74, 6) is -0.412. The third-order valence-electron chi connectivity index (χ3n) is 5.14. The highest BCUT2D eigenvalue weighted by molar-refractivity contribution is 5.92. The molecule has 1 saturated heterocycles. The van der Waals surface area contributed by atoms with Crippen LogP contribution in [0.5, 0.6) is 0 Å². The van der Waals surface area contributed by atoms with E-state index in [0.29, 0.717) is 30.0 Å². The second-order valence-corrected chi connectivity index (χ2v) is 7.59. The minimum absolute atomic E-state index is 0.135. The lowest BCUT2D eigenvalue weighted by Crippen LogP contribution is -2.31. The fourth-order valence-corrected chi connectivity index (χ4v) is 3.67. The van der Waals surface area contributed by atoms with E-state index < -0.39 is 17.9 Å². The van der Waals surface area contributed by atoms with Crippen LogP contribution < -0.4 is 0 Å². The van der Waals surface area contributed by atoms with E-state index >= 15 is 0 Å². The Morgan fingerprint density at radius 3 is 2.62 bits per heavy atom. The minimum atomic E-state index is -4.56. The molecule has 1 aliphatic rings. The molecule has 1 aliphatic heterocycles. The van der Waals surface area contributed by atoms with Gasteiger partial charge in [0.15, 0.2) is 5.65 Å². The number of carbonyl (C=O) groups excluding carboxylic acids is 1. The highest BCUT2D eigenvalue weighted by Crippen LogP contribution is 2.35. The van der Waals surface area contributed by atoms with Gasteiger partial charge < -0.3 is 4.90 Å². The number of nitrogens with zero attached hydrogens (tertiary/aromatic N) is 6. The number of fused-ring (bicyclic) bond motifs is 1. The summed E-state index contributed by atoms with van der Waals surface area (Å²) in [7, 11) is 1.72. The van der Waals surface area contributed by atoms with Gasteiger partial charge in [0.05, 0.1) is 11.7 Å². The van der Waals surface area contributed by atoms with Crippen molar-refractivity contribution in [2.75, 3.05) is 6.54 Å². The van der Waals surface area contributed by atoms with Gasteiger partial charge in [-0.3, -0.25) is 9.48 Å². The third kappa shape index (κ3) is 3.47. The first-order chi connectivity index (χ1) is 13.6. The van der Waals surface area contributed by atoms with Crippen LogP contribution in [-0.2, 0) is 13.2 Å². The summed E-state index contributed by atoms with van der Waals surface area (Å²) < 4.78 is 43.2. The molecule has 10 heteroatoms. The minimum Gasteiger partial charge on any atom is -0.329 e. The average Bonchev–Trinajstić information content (AvgIpc) is 3.37. The predicted molar refractivity (Wildman–Crippen MR) is 98.3 cm³/mol. The fourth-order valence-electron chi connectivity index (χ4n) is 3.67. The molecule has 0 N–H and O–H groups in total. The lowest BCUT2D eigenvalue weighted by atomic mass is 10.1. The zero-order valence-electron chi connectivity index (χ0n) is 16.3. The van der Waals surface area contributed by atoms with Gasteiger partial charge in [-0.1, -0.05) is 13.8 Å². The highest BCUT2D eigenvalue weighted by Gasteiger charge is 2.37. The molecule has 0 aromatic carbocycles. The van der Waals surface area contributed by atoms with Crippen LogP contribution >= 0.6 is 0 Å². The van der Waals surface area contributed by atoms with E-state index in [9.17, 15) is 18.0 Å². The molecular formula is C19H21F3N6O. The van der Waals surface area contributed by atoms with E-state index in [-0.39, 0.29) is 17.5 Å². The summed E-state index contributed by atoms with van der Waals surface area (Å²) in [4.78, 5) is 18.8. The summed E-state index contributed by atoms with van der Waals surface area (Å²) in [6.45, 7) is 4.09. The van der Waals surface area contributed by atoms with Gasteiger partial charge in [0.2, 0.25) is 0 Å². The Morgan fingerprint density at radius 1 is 1.24 bits per heavy atom. The van der Waals surface area contributed by atoms with Crippen LogP contribution in [0.3, 0.4) is 0 Å². The van der Waals surface area contributed by atoms with E-state index in [4.69, 9.17) is 0 Å². The van der Waals surface area contributed by atoms with E-state index in [0.717, 1.165) is 17.0 Å². The number of amides is 1. The van der Waals surface area contributed by atoms with Crippen molar-refractivity contribution < 1.29 is 18.0 Å². The van der Waals surface area contributed by atoms with Crippen molar-refractivity contribution >= 4 is 11.6 Å². The molecule has 7 nitrogen and oxygen atoms in total. The first-order valence-electron chi connectivity index (χ1n) is 9.43. The van der Waals surface area contributed by atoms with Crippen molar-refractivity contribution in [3.8, 4) is 0 Å². The number of aromatic nitrogens is 5. The number of carbonyl (C=O) groups is 1. The largest absolute Gasteiger partial charge is 0.433 e. The second kappa shape index (κ2) is 6.85. The molecular weight excluding hydrogens is 385 g/mol. The normalized spacial score (nSPS) is 17.6. The lowest BCUT2D eigenvalue weighted by molar-refractivity contribution is -0.142. The monoisotopic (exact) mass is 406 g/mol. The van der Waals surface area contributed by atoms with Gasteiger partial charge in [-0.05, 0) is 30.9 Å². The molecule has 29 heavy (non-hydrogen) atoms. The zero-order chi connectivity index (χ0) is 20.9. The molecule has 1 amide bonds. The number of aryl methyl sites for hydroxylation is 1. The van der Waals surface area contributed by atoms with Crippen LogP contribution in [0.15, 0.2) is 24.4 Å². The predicted octanol–water partition coefficient (Wildman–Crippen LogP) is 3.58. The molecule has 0 unspecified atom stereocenters. The van der Waals surface area contributed by atoms with Gasteiger partial charge >= 0.3 is 6.18 Å². The van der Waals surface area contributed by atoms with Gasteiger partial charge in [0, 0.05) is 31.5 Å².